The van der Waals surface area contributed by atoms with Gasteiger partial charge in [0, 0.05) is 24.6 Å². The zero-order chi connectivity index (χ0) is 28.4. The molecule has 0 aliphatic carbocycles. The van der Waals surface area contributed by atoms with Crippen molar-refractivity contribution in [1.82, 2.24) is 5.32 Å². The van der Waals surface area contributed by atoms with Crippen molar-refractivity contribution in [3.63, 3.8) is 0 Å². The second-order valence-corrected chi connectivity index (χ2v) is 11.2. The van der Waals surface area contributed by atoms with Crippen LogP contribution in [0.25, 0.3) is 11.1 Å². The fourth-order valence-corrected chi connectivity index (χ4v) is 6.40. The van der Waals surface area contributed by atoms with E-state index in [4.69, 9.17) is 5.11 Å². The molecule has 0 radical (unpaired) electrons. The van der Waals surface area contributed by atoms with E-state index < -0.39 is 39.6 Å². The van der Waals surface area contributed by atoms with E-state index in [0.717, 1.165) is 22.0 Å². The molecule has 1 atom stereocenters. The molecule has 4 aromatic carbocycles. The van der Waals surface area contributed by atoms with Gasteiger partial charge in [-0.25, -0.2) is 17.2 Å². The molecule has 204 valence electrons. The highest BCUT2D eigenvalue weighted by Gasteiger charge is 2.42. The molecule has 7 nitrogen and oxygen atoms in total. The third kappa shape index (κ3) is 5.43. The molecule has 0 bridgehead atoms. The summed E-state index contributed by atoms with van der Waals surface area (Å²) in [6, 6.07) is 21.3. The van der Waals surface area contributed by atoms with Crippen molar-refractivity contribution in [2.24, 2.45) is 0 Å². The SMILES string of the molecule is O=C(O)Cc1ccc(CNC(=O)[C@@H]2Cc3ccccc3N2S(=O)(=O)c2ccc(-c3ccc(F)cc3F)cc2)cc1. The van der Waals surface area contributed by atoms with Crippen LogP contribution in [0.3, 0.4) is 0 Å². The van der Waals surface area contributed by atoms with Gasteiger partial charge in [-0.05, 0) is 52.6 Å². The minimum Gasteiger partial charge on any atom is -0.481 e. The molecule has 5 rings (SSSR count). The van der Waals surface area contributed by atoms with Crippen molar-refractivity contribution < 1.29 is 31.9 Å². The van der Waals surface area contributed by atoms with Crippen LogP contribution in [-0.2, 0) is 39.0 Å². The zero-order valence-corrected chi connectivity index (χ0v) is 21.9. The standard InChI is InChI=1S/C30H24F2N2O5S/c31-23-11-14-25(26(32)17-23)21-9-12-24(13-10-21)40(38,39)34-27-4-2-1-3-22(27)16-28(34)30(37)33-18-20-7-5-19(6-8-20)15-29(35)36/h1-14,17,28H,15-16,18H2,(H,33,37)(H,35,36)/t28-/m0/s1. The van der Waals surface area contributed by atoms with E-state index in [1.807, 2.05) is 0 Å². The van der Waals surface area contributed by atoms with Crippen LogP contribution in [0, 0.1) is 11.6 Å². The Morgan fingerprint density at radius 3 is 2.25 bits per heavy atom. The van der Waals surface area contributed by atoms with Gasteiger partial charge >= 0.3 is 5.97 Å². The van der Waals surface area contributed by atoms with Crippen LogP contribution in [0.15, 0.2) is 95.9 Å². The lowest BCUT2D eigenvalue weighted by Gasteiger charge is -2.26. The Morgan fingerprint density at radius 2 is 1.57 bits per heavy atom. The maximum absolute atomic E-state index is 14.3. The lowest BCUT2D eigenvalue weighted by molar-refractivity contribution is -0.136. The number of fused-ring (bicyclic) bond motifs is 1. The van der Waals surface area contributed by atoms with Crippen LogP contribution < -0.4 is 9.62 Å². The first-order valence-corrected chi connectivity index (χ1v) is 13.8. The van der Waals surface area contributed by atoms with E-state index in [0.29, 0.717) is 22.4 Å². The number of carboxylic acid groups (broad SMARTS) is 1. The number of rotatable bonds is 8. The second-order valence-electron chi connectivity index (χ2n) is 9.40. The fraction of sp³-hybridized carbons (Fsp3) is 0.133. The number of amides is 1. The lowest BCUT2D eigenvalue weighted by atomic mass is 10.1. The molecule has 40 heavy (non-hydrogen) atoms. The van der Waals surface area contributed by atoms with Gasteiger partial charge in [0.05, 0.1) is 17.0 Å². The predicted octanol–water partition coefficient (Wildman–Crippen LogP) is 4.70. The molecule has 1 heterocycles. The van der Waals surface area contributed by atoms with Crippen molar-refractivity contribution in [2.75, 3.05) is 4.31 Å². The first-order chi connectivity index (χ1) is 19.1. The van der Waals surface area contributed by atoms with Gasteiger partial charge in [-0.15, -0.1) is 0 Å². The number of carbonyl (C=O) groups is 2. The quantitative estimate of drug-likeness (QED) is 0.324. The first-order valence-electron chi connectivity index (χ1n) is 12.4. The van der Waals surface area contributed by atoms with Gasteiger partial charge in [-0.3, -0.25) is 13.9 Å². The summed E-state index contributed by atoms with van der Waals surface area (Å²) in [5.41, 5.74) is 2.96. The molecular formula is C30H24F2N2O5S. The number of benzene rings is 4. The number of nitrogens with one attached hydrogen (secondary N) is 1. The summed E-state index contributed by atoms with van der Waals surface area (Å²) in [6.45, 7) is 0.130. The minimum absolute atomic E-state index is 0.0812. The molecule has 1 amide bonds. The molecule has 0 spiro atoms. The summed E-state index contributed by atoms with van der Waals surface area (Å²) in [6.07, 6.45) is 0.0667. The molecule has 0 unspecified atom stereocenters. The smallest absolute Gasteiger partial charge is 0.307 e. The fourth-order valence-electron chi connectivity index (χ4n) is 4.75. The number of sulfonamides is 1. The van der Waals surface area contributed by atoms with Crippen molar-refractivity contribution >= 4 is 27.6 Å². The van der Waals surface area contributed by atoms with Crippen molar-refractivity contribution in [3.8, 4) is 11.1 Å². The number of hydrogen-bond donors (Lipinski definition) is 2. The van der Waals surface area contributed by atoms with E-state index in [9.17, 15) is 26.8 Å². The molecule has 1 aliphatic rings. The highest BCUT2D eigenvalue weighted by molar-refractivity contribution is 7.93. The summed E-state index contributed by atoms with van der Waals surface area (Å²) in [7, 11) is -4.20. The van der Waals surface area contributed by atoms with Gasteiger partial charge in [0.15, 0.2) is 0 Å². The summed E-state index contributed by atoms with van der Waals surface area (Å²) in [4.78, 5) is 24.1. The van der Waals surface area contributed by atoms with Crippen molar-refractivity contribution in [2.45, 2.75) is 30.3 Å². The maximum atomic E-state index is 14.3. The molecule has 0 aromatic heterocycles. The van der Waals surface area contributed by atoms with Gasteiger partial charge in [0.2, 0.25) is 5.91 Å². The van der Waals surface area contributed by atoms with Crippen LogP contribution in [-0.4, -0.2) is 31.4 Å². The number of halogens is 2. The van der Waals surface area contributed by atoms with Crippen LogP contribution in [0.1, 0.15) is 16.7 Å². The van der Waals surface area contributed by atoms with Gasteiger partial charge in [0.1, 0.15) is 17.7 Å². The third-order valence-corrected chi connectivity index (χ3v) is 8.56. The predicted molar refractivity (Wildman–Crippen MR) is 145 cm³/mol. The zero-order valence-electron chi connectivity index (χ0n) is 21.1. The number of aliphatic carboxylic acids is 1. The number of carbonyl (C=O) groups excluding carboxylic acids is 1. The molecule has 0 saturated carbocycles. The Bertz CT molecular complexity index is 1690. The lowest BCUT2D eigenvalue weighted by Crippen LogP contribution is -2.47. The summed E-state index contributed by atoms with van der Waals surface area (Å²) < 4.78 is 56.4. The van der Waals surface area contributed by atoms with E-state index in [1.54, 1.807) is 48.5 Å². The van der Waals surface area contributed by atoms with E-state index in [2.05, 4.69) is 5.32 Å². The molecule has 1 aliphatic heterocycles. The Balaban J connectivity index is 1.39. The van der Waals surface area contributed by atoms with E-state index in [-0.39, 0.29) is 29.8 Å². The Kier molecular flexibility index (Phi) is 7.36. The topological polar surface area (TPSA) is 104 Å². The first kappa shape index (κ1) is 27.0. The molecule has 2 N–H and O–H groups in total. The maximum Gasteiger partial charge on any atom is 0.307 e. The normalized spacial score (nSPS) is 14.6. The number of hydrogen-bond acceptors (Lipinski definition) is 4. The highest BCUT2D eigenvalue weighted by atomic mass is 32.2. The van der Waals surface area contributed by atoms with Gasteiger partial charge in [0.25, 0.3) is 10.0 Å². The average molecular weight is 563 g/mol. The Morgan fingerprint density at radius 1 is 0.900 bits per heavy atom. The Hall–Kier alpha value is -4.57. The van der Waals surface area contributed by atoms with E-state index >= 15 is 0 Å². The molecule has 0 fully saturated rings. The van der Waals surface area contributed by atoms with Gasteiger partial charge < -0.3 is 10.4 Å². The van der Waals surface area contributed by atoms with Crippen molar-refractivity contribution in [3.05, 3.63) is 119 Å². The number of nitrogens with zero attached hydrogens (tertiary/aromatic N) is 1. The summed E-state index contributed by atoms with van der Waals surface area (Å²) >= 11 is 0. The molecule has 0 saturated heterocycles. The molecular weight excluding hydrogens is 538 g/mol. The largest absolute Gasteiger partial charge is 0.481 e. The number of para-hydroxylation sites is 1. The van der Waals surface area contributed by atoms with E-state index in [1.165, 1.54) is 30.3 Å². The molecule has 4 aromatic rings. The third-order valence-electron chi connectivity index (χ3n) is 6.73. The van der Waals surface area contributed by atoms with Gasteiger partial charge in [-0.1, -0.05) is 54.6 Å². The monoisotopic (exact) mass is 562 g/mol. The minimum atomic E-state index is -4.20. The number of anilines is 1. The second kappa shape index (κ2) is 10.9. The van der Waals surface area contributed by atoms with Crippen LogP contribution in [0.2, 0.25) is 0 Å². The van der Waals surface area contributed by atoms with Gasteiger partial charge in [-0.2, -0.15) is 0 Å². The summed E-state index contributed by atoms with van der Waals surface area (Å²) in [5, 5.41) is 11.7. The van der Waals surface area contributed by atoms with Crippen molar-refractivity contribution in [1.29, 1.82) is 0 Å². The number of carboxylic acids is 1. The average Bonchev–Trinajstić information content (AvgIpc) is 3.33. The van der Waals surface area contributed by atoms with Crippen LogP contribution >= 0.6 is 0 Å². The Labute approximate surface area is 229 Å². The van der Waals surface area contributed by atoms with Crippen LogP contribution in [0.5, 0.6) is 0 Å². The molecule has 10 heteroatoms. The highest BCUT2D eigenvalue weighted by Crippen LogP contribution is 2.37. The van der Waals surface area contributed by atoms with Crippen LogP contribution in [0.4, 0.5) is 14.5 Å². The summed E-state index contributed by atoms with van der Waals surface area (Å²) in [5.74, 6) is -2.91.